The zero-order valence-electron chi connectivity index (χ0n) is 18.5. The van der Waals surface area contributed by atoms with Crippen LogP contribution in [0.3, 0.4) is 0 Å². The van der Waals surface area contributed by atoms with E-state index in [0.717, 1.165) is 12.3 Å². The van der Waals surface area contributed by atoms with Gasteiger partial charge in [-0.1, -0.05) is 118 Å². The molecule has 1 nitrogen and oxygen atoms in total. The summed E-state index contributed by atoms with van der Waals surface area (Å²) < 4.78 is 7.52. The van der Waals surface area contributed by atoms with Crippen LogP contribution < -0.4 is 15.6 Å². The van der Waals surface area contributed by atoms with Crippen LogP contribution in [0.15, 0.2) is 91.0 Å². The molecule has 0 heterocycles. The molecule has 0 bridgehead atoms. The van der Waals surface area contributed by atoms with Gasteiger partial charge in [-0.3, -0.25) is 0 Å². The van der Waals surface area contributed by atoms with Crippen LogP contribution >= 0.6 is 0 Å². The average Bonchev–Trinajstić information content (AvgIpc) is 2.79. The molecule has 0 radical (unpaired) electrons. The van der Waals surface area contributed by atoms with Gasteiger partial charge in [0, 0.05) is 6.10 Å². The standard InChI is InChI=1S/C28H34OSi/c1-22(2)27-20-19-23(3)21-28(27)29-30(24-13-7-4-8-14-24,25-15-9-5-10-16-25)26-17-11-6-12-18-26/h4-18,22-23,27-28H,19-21H2,1-3H3/t23-,27+,28-/m1/s1. The summed E-state index contributed by atoms with van der Waals surface area (Å²) in [5.41, 5.74) is 0. The summed E-state index contributed by atoms with van der Waals surface area (Å²) in [6.45, 7) is 7.13. The minimum absolute atomic E-state index is 0.293. The molecule has 0 unspecified atom stereocenters. The Morgan fingerprint density at radius 1 is 0.700 bits per heavy atom. The fourth-order valence-electron chi connectivity index (χ4n) is 5.20. The molecule has 1 saturated carbocycles. The van der Waals surface area contributed by atoms with Gasteiger partial charge in [0.2, 0.25) is 0 Å². The Morgan fingerprint density at radius 3 is 1.53 bits per heavy atom. The van der Waals surface area contributed by atoms with Gasteiger partial charge in [0.05, 0.1) is 0 Å². The molecule has 0 spiro atoms. The fourth-order valence-corrected chi connectivity index (χ4v) is 9.32. The molecule has 1 fully saturated rings. The first-order valence-corrected chi connectivity index (χ1v) is 13.4. The van der Waals surface area contributed by atoms with Crippen LogP contribution in [0.5, 0.6) is 0 Å². The first-order chi connectivity index (χ1) is 14.6. The van der Waals surface area contributed by atoms with Crippen molar-refractivity contribution in [3.63, 3.8) is 0 Å². The molecule has 1 aliphatic carbocycles. The normalized spacial score (nSPS) is 22.2. The van der Waals surface area contributed by atoms with Gasteiger partial charge in [-0.25, -0.2) is 0 Å². The topological polar surface area (TPSA) is 9.23 Å². The molecule has 30 heavy (non-hydrogen) atoms. The lowest BCUT2D eigenvalue weighted by atomic mass is 9.75. The lowest BCUT2D eigenvalue weighted by Crippen LogP contribution is -2.71. The Labute approximate surface area is 183 Å². The lowest BCUT2D eigenvalue weighted by molar-refractivity contribution is 0.0442. The van der Waals surface area contributed by atoms with Crippen LogP contribution in [0.2, 0.25) is 0 Å². The Kier molecular flexibility index (Phi) is 6.55. The number of rotatable bonds is 6. The highest BCUT2D eigenvalue weighted by Crippen LogP contribution is 2.36. The summed E-state index contributed by atoms with van der Waals surface area (Å²) in [5, 5.41) is 4.01. The fraction of sp³-hybridized carbons (Fsp3) is 0.357. The van der Waals surface area contributed by atoms with Crippen molar-refractivity contribution in [1.29, 1.82) is 0 Å². The number of benzene rings is 3. The lowest BCUT2D eigenvalue weighted by Gasteiger charge is -2.44. The second-order valence-corrected chi connectivity index (χ2v) is 12.6. The molecule has 2 heteroatoms. The third-order valence-electron chi connectivity index (χ3n) is 6.83. The summed E-state index contributed by atoms with van der Waals surface area (Å²) >= 11 is 0. The van der Waals surface area contributed by atoms with Crippen molar-refractivity contribution in [2.24, 2.45) is 17.8 Å². The molecule has 4 rings (SSSR count). The summed E-state index contributed by atoms with van der Waals surface area (Å²) in [6, 6.07) is 33.0. The molecule has 3 aromatic rings. The highest BCUT2D eigenvalue weighted by atomic mass is 28.4. The summed E-state index contributed by atoms with van der Waals surface area (Å²) in [4.78, 5) is 0. The summed E-state index contributed by atoms with van der Waals surface area (Å²) in [6.07, 6.45) is 4.04. The molecule has 0 N–H and O–H groups in total. The van der Waals surface area contributed by atoms with E-state index in [4.69, 9.17) is 4.43 Å². The highest BCUT2D eigenvalue weighted by molar-refractivity contribution is 7.07. The molecule has 156 valence electrons. The van der Waals surface area contributed by atoms with Crippen LogP contribution in [0.4, 0.5) is 0 Å². The van der Waals surface area contributed by atoms with Crippen LogP contribution in [0.1, 0.15) is 40.0 Å². The van der Waals surface area contributed by atoms with E-state index in [0.29, 0.717) is 17.9 Å². The minimum atomic E-state index is -2.63. The van der Waals surface area contributed by atoms with Gasteiger partial charge in [0.25, 0.3) is 8.32 Å². The first kappa shape index (κ1) is 21.1. The van der Waals surface area contributed by atoms with Crippen molar-refractivity contribution in [1.82, 2.24) is 0 Å². The van der Waals surface area contributed by atoms with E-state index >= 15 is 0 Å². The quantitative estimate of drug-likeness (QED) is 0.401. The molecular weight excluding hydrogens is 380 g/mol. The predicted octanol–water partition coefficient (Wildman–Crippen LogP) is 5.13. The third kappa shape index (κ3) is 4.17. The second kappa shape index (κ2) is 9.32. The minimum Gasteiger partial charge on any atom is -0.401 e. The van der Waals surface area contributed by atoms with Gasteiger partial charge in [0.15, 0.2) is 0 Å². The van der Waals surface area contributed by atoms with Crippen molar-refractivity contribution < 1.29 is 4.43 Å². The SMILES string of the molecule is CC(C)[C@@H]1CC[C@@H](C)C[C@H]1O[Si](c1ccccc1)(c1ccccc1)c1ccccc1. The van der Waals surface area contributed by atoms with Crippen molar-refractivity contribution in [2.75, 3.05) is 0 Å². The van der Waals surface area contributed by atoms with Crippen LogP contribution in [0, 0.1) is 17.8 Å². The maximum Gasteiger partial charge on any atom is 0.288 e. The van der Waals surface area contributed by atoms with Crippen molar-refractivity contribution in [3.8, 4) is 0 Å². The zero-order valence-corrected chi connectivity index (χ0v) is 19.5. The molecule has 0 aliphatic heterocycles. The van der Waals surface area contributed by atoms with Crippen LogP contribution in [-0.4, -0.2) is 14.4 Å². The maximum absolute atomic E-state index is 7.52. The van der Waals surface area contributed by atoms with Crippen LogP contribution in [0.25, 0.3) is 0 Å². The number of hydrogen-bond donors (Lipinski definition) is 0. The highest BCUT2D eigenvalue weighted by Gasteiger charge is 2.46. The zero-order chi connectivity index (χ0) is 21.0. The maximum atomic E-state index is 7.52. The van der Waals surface area contributed by atoms with Crippen molar-refractivity contribution in [2.45, 2.75) is 46.1 Å². The summed E-state index contributed by atoms with van der Waals surface area (Å²) in [5.74, 6) is 1.97. The smallest absolute Gasteiger partial charge is 0.288 e. The Balaban J connectivity index is 1.91. The Hall–Kier alpha value is -2.16. The number of hydrogen-bond acceptors (Lipinski definition) is 1. The molecular formula is C28H34OSi. The molecule has 0 saturated heterocycles. The predicted molar refractivity (Wildman–Crippen MR) is 130 cm³/mol. The first-order valence-electron chi connectivity index (χ1n) is 11.5. The van der Waals surface area contributed by atoms with Gasteiger partial charge < -0.3 is 4.43 Å². The van der Waals surface area contributed by atoms with E-state index in [1.807, 2.05) is 0 Å². The van der Waals surface area contributed by atoms with Gasteiger partial charge in [0.1, 0.15) is 0 Å². The molecule has 0 aromatic heterocycles. The van der Waals surface area contributed by atoms with Crippen molar-refractivity contribution >= 4 is 23.9 Å². The van der Waals surface area contributed by atoms with Crippen LogP contribution in [-0.2, 0) is 4.43 Å². The van der Waals surface area contributed by atoms with E-state index in [9.17, 15) is 0 Å². The van der Waals surface area contributed by atoms with Crippen molar-refractivity contribution in [3.05, 3.63) is 91.0 Å². The molecule has 3 atom stereocenters. The Bertz CT molecular complexity index is 810. The van der Waals surface area contributed by atoms with Gasteiger partial charge in [-0.15, -0.1) is 0 Å². The third-order valence-corrected chi connectivity index (χ3v) is 10.9. The Morgan fingerprint density at radius 2 is 1.13 bits per heavy atom. The van der Waals surface area contributed by atoms with E-state index in [2.05, 4.69) is 112 Å². The molecule has 1 aliphatic rings. The van der Waals surface area contributed by atoms with Gasteiger partial charge in [-0.05, 0) is 46.2 Å². The largest absolute Gasteiger partial charge is 0.401 e. The second-order valence-electron chi connectivity index (χ2n) is 9.26. The average molecular weight is 415 g/mol. The van der Waals surface area contributed by atoms with E-state index in [1.54, 1.807) is 0 Å². The van der Waals surface area contributed by atoms with E-state index in [1.165, 1.54) is 28.4 Å². The summed E-state index contributed by atoms with van der Waals surface area (Å²) in [7, 11) is -2.63. The van der Waals surface area contributed by atoms with E-state index in [-0.39, 0.29) is 0 Å². The molecule has 3 aromatic carbocycles. The van der Waals surface area contributed by atoms with Gasteiger partial charge >= 0.3 is 0 Å². The molecule has 0 amide bonds. The monoisotopic (exact) mass is 414 g/mol. The van der Waals surface area contributed by atoms with E-state index < -0.39 is 8.32 Å². The van der Waals surface area contributed by atoms with Gasteiger partial charge in [-0.2, -0.15) is 0 Å².